The molecule has 1 nitrogen and oxygen atoms in total. The molecule has 1 aliphatic carbocycles. The molecule has 0 aromatic heterocycles. The van der Waals surface area contributed by atoms with Crippen LogP contribution in [-0.2, 0) is 6.54 Å². The van der Waals surface area contributed by atoms with Crippen LogP contribution in [0, 0.1) is 0 Å². The summed E-state index contributed by atoms with van der Waals surface area (Å²) in [6.45, 7) is 0.823. The van der Waals surface area contributed by atoms with Gasteiger partial charge in [0.2, 0.25) is 0 Å². The summed E-state index contributed by atoms with van der Waals surface area (Å²) in [5.74, 6) is 0. The van der Waals surface area contributed by atoms with Crippen LogP contribution >= 0.6 is 23.2 Å². The van der Waals surface area contributed by atoms with E-state index in [9.17, 15) is 0 Å². The summed E-state index contributed by atoms with van der Waals surface area (Å²) in [6, 6.07) is 6.45. The minimum Gasteiger partial charge on any atom is -0.310 e. The van der Waals surface area contributed by atoms with E-state index in [1.54, 1.807) is 0 Å². The van der Waals surface area contributed by atoms with Crippen LogP contribution in [0.3, 0.4) is 0 Å². The molecule has 1 aromatic carbocycles. The average molecular weight is 230 g/mol. The molecule has 1 fully saturated rings. The molecule has 0 saturated heterocycles. The third kappa shape index (κ3) is 2.22. The van der Waals surface area contributed by atoms with Crippen molar-refractivity contribution >= 4 is 23.2 Å². The zero-order chi connectivity index (χ0) is 9.97. The van der Waals surface area contributed by atoms with E-state index in [2.05, 4.69) is 5.32 Å². The molecule has 0 heterocycles. The molecule has 1 aliphatic rings. The quantitative estimate of drug-likeness (QED) is 0.835. The summed E-state index contributed by atoms with van der Waals surface area (Å²) in [6.07, 6.45) is 3.93. The number of rotatable bonds is 3. The van der Waals surface area contributed by atoms with Crippen LogP contribution in [-0.4, -0.2) is 6.04 Å². The lowest BCUT2D eigenvalue weighted by molar-refractivity contribution is 0.338. The van der Waals surface area contributed by atoms with Crippen molar-refractivity contribution in [3.63, 3.8) is 0 Å². The molecular weight excluding hydrogens is 217 g/mol. The average Bonchev–Trinajstić information content (AvgIpc) is 2.09. The van der Waals surface area contributed by atoms with Crippen molar-refractivity contribution in [2.24, 2.45) is 0 Å². The van der Waals surface area contributed by atoms with E-state index >= 15 is 0 Å². The van der Waals surface area contributed by atoms with Gasteiger partial charge in [-0.15, -0.1) is 0 Å². The van der Waals surface area contributed by atoms with Gasteiger partial charge >= 0.3 is 0 Å². The van der Waals surface area contributed by atoms with Crippen molar-refractivity contribution in [1.29, 1.82) is 0 Å². The van der Waals surface area contributed by atoms with Crippen LogP contribution < -0.4 is 5.32 Å². The Balaban J connectivity index is 1.97. The van der Waals surface area contributed by atoms with Gasteiger partial charge in [-0.1, -0.05) is 41.8 Å². The number of hydrogen-bond donors (Lipinski definition) is 1. The van der Waals surface area contributed by atoms with Gasteiger partial charge in [0, 0.05) is 12.6 Å². The summed E-state index contributed by atoms with van der Waals surface area (Å²) in [4.78, 5) is 0. The number of hydrogen-bond acceptors (Lipinski definition) is 1. The molecule has 3 heteroatoms. The predicted molar refractivity (Wildman–Crippen MR) is 60.9 cm³/mol. The molecule has 14 heavy (non-hydrogen) atoms. The van der Waals surface area contributed by atoms with Crippen molar-refractivity contribution in [2.45, 2.75) is 31.8 Å². The second-order valence-corrected chi connectivity index (χ2v) is 4.51. The Morgan fingerprint density at radius 2 is 2.07 bits per heavy atom. The van der Waals surface area contributed by atoms with Crippen molar-refractivity contribution < 1.29 is 0 Å². The van der Waals surface area contributed by atoms with E-state index in [1.807, 2.05) is 18.2 Å². The SMILES string of the molecule is Clc1cccc(CNC2CCC2)c1Cl. The Morgan fingerprint density at radius 1 is 1.29 bits per heavy atom. The van der Waals surface area contributed by atoms with Gasteiger partial charge in [-0.05, 0) is 24.5 Å². The zero-order valence-electron chi connectivity index (χ0n) is 7.89. The molecular formula is C11H13Cl2N. The van der Waals surface area contributed by atoms with Crippen LogP contribution in [0.2, 0.25) is 10.0 Å². The van der Waals surface area contributed by atoms with Gasteiger partial charge in [-0.2, -0.15) is 0 Å². The van der Waals surface area contributed by atoms with Crippen molar-refractivity contribution in [2.75, 3.05) is 0 Å². The number of benzene rings is 1. The third-order valence-electron chi connectivity index (χ3n) is 2.72. The normalized spacial score (nSPS) is 16.7. The molecule has 0 atom stereocenters. The van der Waals surface area contributed by atoms with Gasteiger partial charge in [0.1, 0.15) is 0 Å². The topological polar surface area (TPSA) is 12.0 Å². The zero-order valence-corrected chi connectivity index (χ0v) is 9.41. The Kier molecular flexibility index (Phi) is 3.32. The summed E-state index contributed by atoms with van der Waals surface area (Å²) < 4.78 is 0. The van der Waals surface area contributed by atoms with E-state index < -0.39 is 0 Å². The molecule has 1 N–H and O–H groups in total. The highest BCUT2D eigenvalue weighted by molar-refractivity contribution is 6.42. The maximum atomic E-state index is 6.07. The molecule has 0 aliphatic heterocycles. The maximum Gasteiger partial charge on any atom is 0.0637 e. The molecule has 1 aromatic rings. The van der Waals surface area contributed by atoms with Gasteiger partial charge in [0.05, 0.1) is 10.0 Å². The number of halogens is 2. The first kappa shape index (κ1) is 10.3. The molecule has 0 amide bonds. The lowest BCUT2D eigenvalue weighted by Crippen LogP contribution is -2.34. The monoisotopic (exact) mass is 229 g/mol. The van der Waals surface area contributed by atoms with E-state index in [1.165, 1.54) is 19.3 Å². The van der Waals surface area contributed by atoms with Crippen molar-refractivity contribution in [3.05, 3.63) is 33.8 Å². The van der Waals surface area contributed by atoms with Gasteiger partial charge in [-0.25, -0.2) is 0 Å². The standard InChI is InChI=1S/C11H13Cl2N/c12-10-6-1-3-8(11(10)13)7-14-9-4-2-5-9/h1,3,6,9,14H,2,4-5,7H2. The highest BCUT2D eigenvalue weighted by Crippen LogP contribution is 2.26. The summed E-state index contributed by atoms with van der Waals surface area (Å²) in [5.41, 5.74) is 1.09. The summed E-state index contributed by atoms with van der Waals surface area (Å²) >= 11 is 12.0. The van der Waals surface area contributed by atoms with E-state index in [0.717, 1.165) is 12.1 Å². The first-order chi connectivity index (χ1) is 6.77. The van der Waals surface area contributed by atoms with E-state index in [-0.39, 0.29) is 0 Å². The van der Waals surface area contributed by atoms with Crippen LogP contribution in [0.1, 0.15) is 24.8 Å². The Labute approximate surface area is 94.4 Å². The second kappa shape index (κ2) is 4.52. The third-order valence-corrected chi connectivity index (χ3v) is 3.58. The van der Waals surface area contributed by atoms with E-state index in [4.69, 9.17) is 23.2 Å². The van der Waals surface area contributed by atoms with Crippen LogP contribution in [0.5, 0.6) is 0 Å². The molecule has 1 saturated carbocycles. The van der Waals surface area contributed by atoms with Crippen molar-refractivity contribution in [1.82, 2.24) is 5.32 Å². The minimum atomic E-state index is 0.638. The highest BCUT2D eigenvalue weighted by Gasteiger charge is 2.16. The molecule has 0 unspecified atom stereocenters. The predicted octanol–water partition coefficient (Wildman–Crippen LogP) is 3.64. The summed E-state index contributed by atoms with van der Waals surface area (Å²) in [7, 11) is 0. The molecule has 0 bridgehead atoms. The largest absolute Gasteiger partial charge is 0.310 e. The number of nitrogens with one attached hydrogen (secondary N) is 1. The summed E-state index contributed by atoms with van der Waals surface area (Å²) in [5, 5.41) is 4.78. The van der Waals surface area contributed by atoms with Gasteiger partial charge in [-0.3, -0.25) is 0 Å². The van der Waals surface area contributed by atoms with Crippen LogP contribution in [0.25, 0.3) is 0 Å². The Hall–Kier alpha value is -0.240. The fourth-order valence-corrected chi connectivity index (χ4v) is 1.94. The smallest absolute Gasteiger partial charge is 0.0637 e. The Morgan fingerprint density at radius 3 is 2.71 bits per heavy atom. The Bertz CT molecular complexity index is 321. The van der Waals surface area contributed by atoms with Crippen LogP contribution in [0.4, 0.5) is 0 Å². The van der Waals surface area contributed by atoms with Crippen molar-refractivity contribution in [3.8, 4) is 0 Å². The second-order valence-electron chi connectivity index (χ2n) is 3.72. The van der Waals surface area contributed by atoms with Gasteiger partial charge in [0.15, 0.2) is 0 Å². The minimum absolute atomic E-state index is 0.638. The first-order valence-corrected chi connectivity index (χ1v) is 5.69. The van der Waals surface area contributed by atoms with E-state index in [0.29, 0.717) is 16.1 Å². The van der Waals surface area contributed by atoms with Crippen LogP contribution in [0.15, 0.2) is 18.2 Å². The fourth-order valence-electron chi connectivity index (χ4n) is 1.55. The molecule has 0 radical (unpaired) electrons. The molecule has 0 spiro atoms. The molecule has 2 rings (SSSR count). The van der Waals surface area contributed by atoms with Gasteiger partial charge in [0.25, 0.3) is 0 Å². The maximum absolute atomic E-state index is 6.07. The fraction of sp³-hybridized carbons (Fsp3) is 0.455. The molecule has 76 valence electrons. The van der Waals surface area contributed by atoms with Gasteiger partial charge < -0.3 is 5.32 Å². The lowest BCUT2D eigenvalue weighted by Gasteiger charge is -2.26. The lowest BCUT2D eigenvalue weighted by atomic mass is 9.93. The highest BCUT2D eigenvalue weighted by atomic mass is 35.5. The first-order valence-electron chi connectivity index (χ1n) is 4.93.